The van der Waals surface area contributed by atoms with Gasteiger partial charge in [-0.2, -0.15) is 0 Å². The van der Waals surface area contributed by atoms with Crippen LogP contribution in [0.4, 0.5) is 0 Å². The van der Waals surface area contributed by atoms with Crippen LogP contribution >= 0.6 is 0 Å². The molecule has 2 aliphatic rings. The molecule has 0 aliphatic carbocycles. The zero-order valence-corrected chi connectivity index (χ0v) is 10.1. The normalized spacial score (nSPS) is 31.5. The van der Waals surface area contributed by atoms with Gasteiger partial charge in [0.05, 0.1) is 20.3 Å². The van der Waals surface area contributed by atoms with Crippen molar-refractivity contribution in [3.05, 3.63) is 29.8 Å². The van der Waals surface area contributed by atoms with E-state index in [2.05, 4.69) is 12.1 Å². The van der Waals surface area contributed by atoms with Gasteiger partial charge in [-0.1, -0.05) is 12.1 Å². The Morgan fingerprint density at radius 1 is 1.24 bits per heavy atom. The molecule has 0 unspecified atom stereocenters. The van der Waals surface area contributed by atoms with Crippen LogP contribution in [-0.4, -0.2) is 26.6 Å². The van der Waals surface area contributed by atoms with E-state index in [0.717, 1.165) is 31.8 Å². The number of hydrogen-bond donors (Lipinski definition) is 0. The zero-order valence-electron chi connectivity index (χ0n) is 10.1. The van der Waals surface area contributed by atoms with E-state index in [1.54, 1.807) is 7.11 Å². The van der Waals surface area contributed by atoms with Crippen LogP contribution < -0.4 is 4.74 Å². The van der Waals surface area contributed by atoms with Gasteiger partial charge in [0.2, 0.25) is 0 Å². The first-order valence-corrected chi connectivity index (χ1v) is 6.23. The quantitative estimate of drug-likeness (QED) is 0.802. The van der Waals surface area contributed by atoms with Crippen molar-refractivity contribution in [2.24, 2.45) is 11.8 Å². The molecule has 2 aliphatic heterocycles. The average molecular weight is 234 g/mol. The monoisotopic (exact) mass is 234 g/mol. The molecule has 0 radical (unpaired) electrons. The summed E-state index contributed by atoms with van der Waals surface area (Å²) in [4.78, 5) is 0. The third-order valence-corrected chi connectivity index (χ3v) is 3.82. The molecular weight excluding hydrogens is 216 g/mol. The highest BCUT2D eigenvalue weighted by Gasteiger charge is 2.41. The van der Waals surface area contributed by atoms with Crippen LogP contribution in [0.15, 0.2) is 24.3 Å². The predicted molar refractivity (Wildman–Crippen MR) is 64.0 cm³/mol. The van der Waals surface area contributed by atoms with Gasteiger partial charge in [0.15, 0.2) is 6.29 Å². The van der Waals surface area contributed by atoms with E-state index in [-0.39, 0.29) is 6.29 Å². The van der Waals surface area contributed by atoms with E-state index in [1.807, 2.05) is 12.1 Å². The van der Waals surface area contributed by atoms with Crippen molar-refractivity contribution in [2.75, 3.05) is 20.3 Å². The number of benzene rings is 1. The van der Waals surface area contributed by atoms with E-state index in [1.165, 1.54) is 5.56 Å². The van der Waals surface area contributed by atoms with Gasteiger partial charge in [0, 0.05) is 5.92 Å². The smallest absolute Gasteiger partial charge is 0.160 e. The Hall–Kier alpha value is -1.06. The summed E-state index contributed by atoms with van der Waals surface area (Å²) in [6, 6.07) is 8.32. The van der Waals surface area contributed by atoms with Gasteiger partial charge in [-0.15, -0.1) is 0 Å². The summed E-state index contributed by atoms with van der Waals surface area (Å²) in [6.07, 6.45) is 2.29. The van der Waals surface area contributed by atoms with E-state index in [0.29, 0.717) is 11.8 Å². The Kier molecular flexibility index (Phi) is 3.04. The lowest BCUT2D eigenvalue weighted by Crippen LogP contribution is -2.16. The minimum absolute atomic E-state index is 0.0678. The third-order valence-electron chi connectivity index (χ3n) is 3.82. The van der Waals surface area contributed by atoms with Gasteiger partial charge >= 0.3 is 0 Å². The maximum Gasteiger partial charge on any atom is 0.160 e. The third kappa shape index (κ3) is 2.17. The van der Waals surface area contributed by atoms with Crippen LogP contribution in [0, 0.1) is 11.8 Å². The van der Waals surface area contributed by atoms with E-state index in [4.69, 9.17) is 14.2 Å². The van der Waals surface area contributed by atoms with Crippen molar-refractivity contribution in [1.82, 2.24) is 0 Å². The maximum absolute atomic E-state index is 5.66. The van der Waals surface area contributed by atoms with Crippen LogP contribution in [0.25, 0.3) is 0 Å². The van der Waals surface area contributed by atoms with Crippen molar-refractivity contribution < 1.29 is 14.2 Å². The second-order valence-electron chi connectivity index (χ2n) is 4.84. The lowest BCUT2D eigenvalue weighted by molar-refractivity contribution is -0.0905. The Labute approximate surface area is 102 Å². The predicted octanol–water partition coefficient (Wildman–Crippen LogP) is 2.25. The molecule has 0 aromatic heterocycles. The average Bonchev–Trinajstić information content (AvgIpc) is 2.95. The summed E-state index contributed by atoms with van der Waals surface area (Å²) in [5, 5.41) is 0. The highest BCUT2D eigenvalue weighted by molar-refractivity contribution is 5.27. The molecule has 0 amide bonds. The largest absolute Gasteiger partial charge is 0.497 e. The summed E-state index contributed by atoms with van der Waals surface area (Å²) in [5.74, 6) is 2.12. The van der Waals surface area contributed by atoms with Crippen LogP contribution in [0.1, 0.15) is 12.0 Å². The molecule has 0 N–H and O–H groups in total. The Balaban J connectivity index is 1.66. The van der Waals surface area contributed by atoms with Crippen molar-refractivity contribution in [3.63, 3.8) is 0 Å². The lowest BCUT2D eigenvalue weighted by Gasteiger charge is -2.14. The SMILES string of the molecule is COc1ccc(C[C@H]2CO[C@H]3OCC[C@@H]23)cc1. The molecule has 92 valence electrons. The Bertz CT molecular complexity index is 374. The summed E-state index contributed by atoms with van der Waals surface area (Å²) >= 11 is 0. The second-order valence-corrected chi connectivity index (χ2v) is 4.84. The first-order valence-electron chi connectivity index (χ1n) is 6.23. The molecule has 3 heteroatoms. The highest BCUT2D eigenvalue weighted by atomic mass is 16.7. The molecule has 2 heterocycles. The van der Waals surface area contributed by atoms with Gasteiger partial charge in [0.1, 0.15) is 5.75 Å². The first kappa shape index (κ1) is 11.1. The van der Waals surface area contributed by atoms with E-state index in [9.17, 15) is 0 Å². The zero-order chi connectivity index (χ0) is 11.7. The van der Waals surface area contributed by atoms with Gasteiger partial charge in [0.25, 0.3) is 0 Å². The fraction of sp³-hybridized carbons (Fsp3) is 0.571. The lowest BCUT2D eigenvalue weighted by atomic mass is 9.88. The molecule has 0 saturated carbocycles. The summed E-state index contributed by atoms with van der Waals surface area (Å²) in [6.45, 7) is 1.69. The molecule has 1 aromatic carbocycles. The van der Waals surface area contributed by atoms with Crippen molar-refractivity contribution in [1.29, 1.82) is 0 Å². The molecule has 17 heavy (non-hydrogen) atoms. The molecule has 2 fully saturated rings. The molecule has 0 bridgehead atoms. The van der Waals surface area contributed by atoms with Crippen LogP contribution in [0.5, 0.6) is 5.75 Å². The fourth-order valence-electron chi connectivity index (χ4n) is 2.83. The number of rotatable bonds is 3. The molecule has 3 atom stereocenters. The molecule has 0 spiro atoms. The summed E-state index contributed by atoms with van der Waals surface area (Å²) in [5.41, 5.74) is 1.35. The van der Waals surface area contributed by atoms with Crippen LogP contribution in [-0.2, 0) is 15.9 Å². The first-order chi connectivity index (χ1) is 8.36. The van der Waals surface area contributed by atoms with Crippen molar-refractivity contribution >= 4 is 0 Å². The van der Waals surface area contributed by atoms with Gasteiger partial charge in [-0.05, 0) is 36.5 Å². The number of methoxy groups -OCH3 is 1. The molecular formula is C14H18O3. The van der Waals surface area contributed by atoms with Crippen LogP contribution in [0.3, 0.4) is 0 Å². The topological polar surface area (TPSA) is 27.7 Å². The van der Waals surface area contributed by atoms with Gasteiger partial charge in [-0.25, -0.2) is 0 Å². The Morgan fingerprint density at radius 2 is 2.06 bits per heavy atom. The van der Waals surface area contributed by atoms with E-state index >= 15 is 0 Å². The minimum Gasteiger partial charge on any atom is -0.497 e. The van der Waals surface area contributed by atoms with Crippen molar-refractivity contribution in [3.8, 4) is 5.75 Å². The molecule has 3 nitrogen and oxygen atoms in total. The van der Waals surface area contributed by atoms with Crippen LogP contribution in [0.2, 0.25) is 0 Å². The highest BCUT2D eigenvalue weighted by Crippen LogP contribution is 2.37. The summed E-state index contributed by atoms with van der Waals surface area (Å²) < 4.78 is 16.4. The van der Waals surface area contributed by atoms with Gasteiger partial charge in [-0.3, -0.25) is 0 Å². The second kappa shape index (κ2) is 4.67. The fourth-order valence-corrected chi connectivity index (χ4v) is 2.83. The standard InChI is InChI=1S/C14H18O3/c1-15-12-4-2-10(3-5-12)8-11-9-17-14-13(11)6-7-16-14/h2-5,11,13-14H,6-9H2,1H3/t11-,13-,14+/m0/s1. The minimum atomic E-state index is 0.0678. The number of ether oxygens (including phenoxy) is 3. The summed E-state index contributed by atoms with van der Waals surface area (Å²) in [7, 11) is 1.69. The van der Waals surface area contributed by atoms with E-state index < -0.39 is 0 Å². The molecule has 2 saturated heterocycles. The number of hydrogen-bond acceptors (Lipinski definition) is 3. The molecule has 3 rings (SSSR count). The number of fused-ring (bicyclic) bond motifs is 1. The molecule has 1 aromatic rings. The maximum atomic E-state index is 5.66. The Morgan fingerprint density at radius 3 is 2.82 bits per heavy atom. The van der Waals surface area contributed by atoms with Gasteiger partial charge < -0.3 is 14.2 Å². The van der Waals surface area contributed by atoms with Crippen molar-refractivity contribution in [2.45, 2.75) is 19.1 Å².